The molecule has 1 atom stereocenters. The molecule has 0 aliphatic carbocycles. The van der Waals surface area contributed by atoms with Crippen molar-refractivity contribution < 1.29 is 4.79 Å². The van der Waals surface area contributed by atoms with Crippen LogP contribution in [0.4, 0.5) is 0 Å². The number of hydrogen-bond donors (Lipinski definition) is 1. The predicted molar refractivity (Wildman–Crippen MR) is 58.6 cm³/mol. The highest BCUT2D eigenvalue weighted by Gasteiger charge is 2.16. The van der Waals surface area contributed by atoms with Gasteiger partial charge in [-0.25, -0.2) is 0 Å². The number of nitrogens with two attached hydrogens (primary N) is 1. The van der Waals surface area contributed by atoms with Crippen LogP contribution < -0.4 is 5.73 Å². The molecule has 0 saturated heterocycles. The second-order valence-corrected chi connectivity index (χ2v) is 3.96. The lowest BCUT2D eigenvalue weighted by atomic mass is 10.3. The van der Waals surface area contributed by atoms with Gasteiger partial charge in [0.15, 0.2) is 0 Å². The van der Waals surface area contributed by atoms with Gasteiger partial charge in [-0.2, -0.15) is 5.10 Å². The minimum atomic E-state index is -0.0459. The van der Waals surface area contributed by atoms with Gasteiger partial charge in [0, 0.05) is 26.7 Å². The van der Waals surface area contributed by atoms with E-state index in [9.17, 15) is 4.79 Å². The molecule has 5 heteroatoms. The van der Waals surface area contributed by atoms with Crippen LogP contribution in [0.3, 0.4) is 0 Å². The van der Waals surface area contributed by atoms with Gasteiger partial charge in [-0.05, 0) is 19.9 Å². The Labute approximate surface area is 89.9 Å². The van der Waals surface area contributed by atoms with E-state index in [1.54, 1.807) is 29.7 Å². The first-order valence-corrected chi connectivity index (χ1v) is 4.93. The van der Waals surface area contributed by atoms with Crippen molar-refractivity contribution in [3.63, 3.8) is 0 Å². The molecule has 0 aromatic carbocycles. The maximum atomic E-state index is 11.9. The van der Waals surface area contributed by atoms with Crippen molar-refractivity contribution in [3.05, 3.63) is 17.5 Å². The van der Waals surface area contributed by atoms with E-state index in [-0.39, 0.29) is 11.9 Å². The molecule has 15 heavy (non-hydrogen) atoms. The summed E-state index contributed by atoms with van der Waals surface area (Å²) < 4.78 is 1.59. The van der Waals surface area contributed by atoms with Crippen LogP contribution in [0.5, 0.6) is 0 Å². The van der Waals surface area contributed by atoms with Gasteiger partial charge in [0.1, 0.15) is 5.69 Å². The Morgan fingerprint density at radius 3 is 2.73 bits per heavy atom. The number of hydrogen-bond acceptors (Lipinski definition) is 3. The lowest BCUT2D eigenvalue weighted by Crippen LogP contribution is -2.37. The van der Waals surface area contributed by atoms with Crippen molar-refractivity contribution in [2.75, 3.05) is 13.6 Å². The van der Waals surface area contributed by atoms with Crippen molar-refractivity contribution in [2.45, 2.75) is 19.9 Å². The Hall–Kier alpha value is -1.36. The lowest BCUT2D eigenvalue weighted by Gasteiger charge is -2.18. The SMILES string of the molecule is Cc1cc(C(=O)N(C)CC(C)N)n(C)n1. The van der Waals surface area contributed by atoms with Crippen LogP contribution >= 0.6 is 0 Å². The summed E-state index contributed by atoms with van der Waals surface area (Å²) in [4.78, 5) is 13.5. The van der Waals surface area contributed by atoms with Crippen molar-refractivity contribution >= 4 is 5.91 Å². The number of likely N-dealkylation sites (N-methyl/N-ethyl adjacent to an activating group) is 1. The first kappa shape index (κ1) is 11.7. The van der Waals surface area contributed by atoms with E-state index in [2.05, 4.69) is 5.10 Å². The monoisotopic (exact) mass is 210 g/mol. The Morgan fingerprint density at radius 2 is 2.33 bits per heavy atom. The van der Waals surface area contributed by atoms with Crippen molar-refractivity contribution in [1.82, 2.24) is 14.7 Å². The quantitative estimate of drug-likeness (QED) is 0.772. The molecule has 1 heterocycles. The second-order valence-electron chi connectivity index (χ2n) is 3.96. The average molecular weight is 210 g/mol. The molecule has 1 rings (SSSR count). The van der Waals surface area contributed by atoms with Gasteiger partial charge < -0.3 is 10.6 Å². The summed E-state index contributed by atoms with van der Waals surface area (Å²) in [5.74, 6) is -0.0459. The van der Waals surface area contributed by atoms with Crippen molar-refractivity contribution in [3.8, 4) is 0 Å². The number of carbonyl (C=O) groups excluding carboxylic acids is 1. The maximum absolute atomic E-state index is 11.9. The third kappa shape index (κ3) is 2.79. The summed E-state index contributed by atoms with van der Waals surface area (Å²) >= 11 is 0. The molecule has 1 aromatic heterocycles. The van der Waals surface area contributed by atoms with Crippen LogP contribution in [-0.4, -0.2) is 40.2 Å². The molecule has 0 fully saturated rings. The van der Waals surface area contributed by atoms with Crippen LogP contribution in [0.1, 0.15) is 23.1 Å². The standard InChI is InChI=1S/C10H18N4O/c1-7(11)6-13(3)10(15)9-5-8(2)12-14(9)4/h5,7H,6,11H2,1-4H3. The first-order valence-electron chi connectivity index (χ1n) is 4.93. The molecule has 1 aromatic rings. The molecule has 2 N–H and O–H groups in total. The van der Waals surface area contributed by atoms with Crippen molar-refractivity contribution in [2.24, 2.45) is 12.8 Å². The number of amides is 1. The molecule has 0 aliphatic rings. The summed E-state index contributed by atoms with van der Waals surface area (Å²) in [6, 6.07) is 1.76. The molecule has 0 radical (unpaired) electrons. The van der Waals surface area contributed by atoms with E-state index in [0.29, 0.717) is 12.2 Å². The van der Waals surface area contributed by atoms with E-state index in [0.717, 1.165) is 5.69 Å². The van der Waals surface area contributed by atoms with Crippen LogP contribution in [0.25, 0.3) is 0 Å². The largest absolute Gasteiger partial charge is 0.339 e. The van der Waals surface area contributed by atoms with Gasteiger partial charge in [0.05, 0.1) is 5.69 Å². The third-order valence-corrected chi connectivity index (χ3v) is 2.13. The van der Waals surface area contributed by atoms with E-state index < -0.39 is 0 Å². The minimum Gasteiger partial charge on any atom is -0.339 e. The number of aromatic nitrogens is 2. The molecule has 0 spiro atoms. The van der Waals surface area contributed by atoms with Crippen LogP contribution in [0.15, 0.2) is 6.07 Å². The Bertz CT molecular complexity index is 356. The molecular weight excluding hydrogens is 192 g/mol. The Morgan fingerprint density at radius 1 is 1.73 bits per heavy atom. The molecule has 0 saturated carbocycles. The lowest BCUT2D eigenvalue weighted by molar-refractivity contribution is 0.0778. The summed E-state index contributed by atoms with van der Waals surface area (Å²) in [5.41, 5.74) is 7.07. The highest BCUT2D eigenvalue weighted by Crippen LogP contribution is 2.05. The Kier molecular flexibility index (Phi) is 3.47. The van der Waals surface area contributed by atoms with Gasteiger partial charge >= 0.3 is 0 Å². The van der Waals surface area contributed by atoms with Gasteiger partial charge in [0.2, 0.25) is 0 Å². The number of nitrogens with zero attached hydrogens (tertiary/aromatic N) is 3. The highest BCUT2D eigenvalue weighted by atomic mass is 16.2. The zero-order valence-corrected chi connectivity index (χ0v) is 9.69. The normalized spacial score (nSPS) is 12.6. The molecule has 84 valence electrons. The molecule has 0 bridgehead atoms. The van der Waals surface area contributed by atoms with Gasteiger partial charge in [-0.3, -0.25) is 9.48 Å². The predicted octanol–water partition coefficient (Wildman–Crippen LogP) is 0.148. The van der Waals surface area contributed by atoms with Crippen LogP contribution in [0, 0.1) is 6.92 Å². The van der Waals surface area contributed by atoms with Crippen LogP contribution in [-0.2, 0) is 7.05 Å². The average Bonchev–Trinajstić information content (AvgIpc) is 2.42. The van der Waals surface area contributed by atoms with Crippen molar-refractivity contribution in [1.29, 1.82) is 0 Å². The van der Waals surface area contributed by atoms with E-state index >= 15 is 0 Å². The fraction of sp³-hybridized carbons (Fsp3) is 0.600. The number of rotatable bonds is 3. The molecule has 0 aliphatic heterocycles. The zero-order chi connectivity index (χ0) is 11.6. The fourth-order valence-electron chi connectivity index (χ4n) is 1.52. The fourth-order valence-corrected chi connectivity index (χ4v) is 1.52. The summed E-state index contributed by atoms with van der Waals surface area (Å²) in [7, 11) is 3.51. The van der Waals surface area contributed by atoms with Gasteiger partial charge in [0.25, 0.3) is 5.91 Å². The molecular formula is C10H18N4O. The third-order valence-electron chi connectivity index (χ3n) is 2.13. The van der Waals surface area contributed by atoms with Gasteiger partial charge in [-0.15, -0.1) is 0 Å². The Balaban J connectivity index is 2.80. The summed E-state index contributed by atoms with van der Waals surface area (Å²) in [6.45, 7) is 4.28. The minimum absolute atomic E-state index is 0.0201. The molecule has 1 amide bonds. The highest BCUT2D eigenvalue weighted by molar-refractivity contribution is 5.92. The van der Waals surface area contributed by atoms with E-state index in [1.807, 2.05) is 13.8 Å². The maximum Gasteiger partial charge on any atom is 0.271 e. The number of carbonyl (C=O) groups is 1. The summed E-state index contributed by atoms with van der Waals surface area (Å²) in [6.07, 6.45) is 0. The number of aryl methyl sites for hydroxylation is 2. The van der Waals surface area contributed by atoms with E-state index in [4.69, 9.17) is 5.73 Å². The van der Waals surface area contributed by atoms with Crippen LogP contribution in [0.2, 0.25) is 0 Å². The van der Waals surface area contributed by atoms with E-state index in [1.165, 1.54) is 0 Å². The first-order chi connectivity index (χ1) is 6.91. The molecule has 1 unspecified atom stereocenters. The topological polar surface area (TPSA) is 64.2 Å². The second kappa shape index (κ2) is 4.44. The molecule has 5 nitrogen and oxygen atoms in total. The van der Waals surface area contributed by atoms with Gasteiger partial charge in [-0.1, -0.05) is 0 Å². The zero-order valence-electron chi connectivity index (χ0n) is 9.69. The smallest absolute Gasteiger partial charge is 0.271 e. The summed E-state index contributed by atoms with van der Waals surface area (Å²) in [5, 5.41) is 4.13.